The Bertz CT molecular complexity index is 584. The fourth-order valence-corrected chi connectivity index (χ4v) is 2.37. The zero-order valence-corrected chi connectivity index (χ0v) is 11.6. The number of rotatable bonds is 4. The molecule has 1 N–H and O–H groups in total. The van der Waals surface area contributed by atoms with Crippen molar-refractivity contribution in [2.24, 2.45) is 0 Å². The van der Waals surface area contributed by atoms with E-state index >= 15 is 0 Å². The van der Waals surface area contributed by atoms with Gasteiger partial charge in [-0.1, -0.05) is 11.3 Å². The molecule has 0 aliphatic rings. The van der Waals surface area contributed by atoms with E-state index in [1.54, 1.807) is 11.4 Å². The third-order valence-corrected chi connectivity index (χ3v) is 3.49. The smallest absolute Gasteiger partial charge is 0.335 e. The van der Waals surface area contributed by atoms with Crippen LogP contribution in [0.2, 0.25) is 0 Å². The van der Waals surface area contributed by atoms with Crippen molar-refractivity contribution in [2.75, 3.05) is 7.11 Å². The Labute approximate surface area is 115 Å². The van der Waals surface area contributed by atoms with E-state index in [0.29, 0.717) is 21.3 Å². The molecule has 0 atom stereocenters. The molecule has 2 aromatic rings. The highest BCUT2D eigenvalue weighted by Crippen LogP contribution is 2.34. The summed E-state index contributed by atoms with van der Waals surface area (Å²) in [5.74, 6) is -0.256. The summed E-state index contributed by atoms with van der Waals surface area (Å²) in [6.45, 7) is 0. The standard InChI is InChI=1S/C11H8BrNO4S/c1-16-7-3-2-6(10(14)15)4-8(7)17-11-13-9(12)5-18-11/h2-5H,1H3,(H,14,15). The first-order chi connectivity index (χ1) is 8.60. The van der Waals surface area contributed by atoms with Crippen molar-refractivity contribution in [1.29, 1.82) is 0 Å². The molecule has 94 valence electrons. The summed E-state index contributed by atoms with van der Waals surface area (Å²) < 4.78 is 11.3. The van der Waals surface area contributed by atoms with Gasteiger partial charge in [0, 0.05) is 5.38 Å². The average molecular weight is 330 g/mol. The highest BCUT2D eigenvalue weighted by Gasteiger charge is 2.12. The van der Waals surface area contributed by atoms with E-state index in [1.165, 1.54) is 30.6 Å². The first-order valence-electron chi connectivity index (χ1n) is 4.80. The van der Waals surface area contributed by atoms with Crippen molar-refractivity contribution < 1.29 is 19.4 Å². The van der Waals surface area contributed by atoms with Gasteiger partial charge in [0.1, 0.15) is 4.60 Å². The van der Waals surface area contributed by atoms with E-state index < -0.39 is 5.97 Å². The number of benzene rings is 1. The molecular formula is C11H8BrNO4S. The Morgan fingerprint density at radius 1 is 1.44 bits per heavy atom. The first kappa shape index (κ1) is 12.8. The number of aromatic nitrogens is 1. The van der Waals surface area contributed by atoms with Crippen LogP contribution >= 0.6 is 27.3 Å². The van der Waals surface area contributed by atoms with Gasteiger partial charge in [-0.3, -0.25) is 0 Å². The summed E-state index contributed by atoms with van der Waals surface area (Å²) in [5.41, 5.74) is 0.126. The van der Waals surface area contributed by atoms with Crippen LogP contribution in [-0.2, 0) is 0 Å². The highest BCUT2D eigenvalue weighted by molar-refractivity contribution is 9.10. The van der Waals surface area contributed by atoms with Gasteiger partial charge in [0.25, 0.3) is 5.19 Å². The van der Waals surface area contributed by atoms with Crippen LogP contribution in [0.1, 0.15) is 10.4 Å². The lowest BCUT2D eigenvalue weighted by Gasteiger charge is -2.08. The predicted octanol–water partition coefficient (Wildman–Crippen LogP) is 3.40. The number of aromatic carboxylic acids is 1. The van der Waals surface area contributed by atoms with Crippen LogP contribution in [0.25, 0.3) is 0 Å². The number of hydrogen-bond acceptors (Lipinski definition) is 5. The number of thiazole rings is 1. The largest absolute Gasteiger partial charge is 0.493 e. The minimum Gasteiger partial charge on any atom is -0.493 e. The molecule has 0 spiro atoms. The zero-order valence-electron chi connectivity index (χ0n) is 9.21. The normalized spacial score (nSPS) is 10.1. The van der Waals surface area contributed by atoms with E-state index in [4.69, 9.17) is 14.6 Å². The number of ether oxygens (including phenoxy) is 2. The van der Waals surface area contributed by atoms with Crippen molar-refractivity contribution in [1.82, 2.24) is 4.98 Å². The van der Waals surface area contributed by atoms with Gasteiger partial charge in [0.15, 0.2) is 11.5 Å². The molecule has 5 nitrogen and oxygen atoms in total. The summed E-state index contributed by atoms with van der Waals surface area (Å²) >= 11 is 4.51. The molecule has 1 heterocycles. The lowest BCUT2D eigenvalue weighted by Crippen LogP contribution is -1.98. The number of carboxylic acids is 1. The molecule has 0 amide bonds. The molecule has 0 aliphatic heterocycles. The fraction of sp³-hybridized carbons (Fsp3) is 0.0909. The van der Waals surface area contributed by atoms with E-state index in [2.05, 4.69) is 20.9 Å². The Kier molecular flexibility index (Phi) is 3.83. The van der Waals surface area contributed by atoms with Crippen LogP contribution < -0.4 is 9.47 Å². The van der Waals surface area contributed by atoms with Crippen LogP contribution in [-0.4, -0.2) is 23.2 Å². The average Bonchev–Trinajstić information content (AvgIpc) is 2.74. The summed E-state index contributed by atoms with van der Waals surface area (Å²) in [6, 6.07) is 4.39. The van der Waals surface area contributed by atoms with Crippen LogP contribution in [0, 0.1) is 0 Å². The number of hydrogen-bond donors (Lipinski definition) is 1. The highest BCUT2D eigenvalue weighted by atomic mass is 79.9. The quantitative estimate of drug-likeness (QED) is 0.930. The molecule has 0 radical (unpaired) electrons. The minimum atomic E-state index is -1.03. The molecular weight excluding hydrogens is 322 g/mol. The molecule has 0 aliphatic carbocycles. The molecule has 1 aromatic carbocycles. The molecule has 1 aromatic heterocycles. The Morgan fingerprint density at radius 2 is 2.22 bits per heavy atom. The Hall–Kier alpha value is -1.60. The molecule has 0 saturated heterocycles. The second kappa shape index (κ2) is 5.36. The zero-order chi connectivity index (χ0) is 13.1. The third-order valence-electron chi connectivity index (χ3n) is 2.06. The first-order valence-corrected chi connectivity index (χ1v) is 6.47. The molecule has 0 unspecified atom stereocenters. The molecule has 0 saturated carbocycles. The van der Waals surface area contributed by atoms with Gasteiger partial charge in [0.05, 0.1) is 12.7 Å². The van der Waals surface area contributed by atoms with E-state index in [1.807, 2.05) is 0 Å². The number of carboxylic acid groups (broad SMARTS) is 1. The molecule has 2 rings (SSSR count). The summed E-state index contributed by atoms with van der Waals surface area (Å²) in [5, 5.41) is 11.1. The number of halogens is 1. The molecule has 0 fully saturated rings. The predicted molar refractivity (Wildman–Crippen MR) is 69.8 cm³/mol. The molecule has 0 bridgehead atoms. The topological polar surface area (TPSA) is 68.7 Å². The molecule has 18 heavy (non-hydrogen) atoms. The summed E-state index contributed by atoms with van der Waals surface area (Å²) in [7, 11) is 1.49. The van der Waals surface area contributed by atoms with Gasteiger partial charge in [-0.2, -0.15) is 4.98 Å². The second-order valence-corrected chi connectivity index (χ2v) is 4.84. The molecule has 7 heteroatoms. The maximum atomic E-state index is 10.9. The SMILES string of the molecule is COc1ccc(C(=O)O)cc1Oc1nc(Br)cs1. The van der Waals surface area contributed by atoms with Gasteiger partial charge in [0.2, 0.25) is 0 Å². The monoisotopic (exact) mass is 329 g/mol. The fourth-order valence-electron chi connectivity index (χ4n) is 1.27. The van der Waals surface area contributed by atoms with Crippen molar-refractivity contribution >= 4 is 33.2 Å². The van der Waals surface area contributed by atoms with Gasteiger partial charge in [-0.15, -0.1) is 0 Å². The van der Waals surface area contributed by atoms with Crippen LogP contribution in [0.3, 0.4) is 0 Å². The van der Waals surface area contributed by atoms with Gasteiger partial charge >= 0.3 is 5.97 Å². The van der Waals surface area contributed by atoms with E-state index in [9.17, 15) is 4.79 Å². The van der Waals surface area contributed by atoms with Crippen molar-refractivity contribution in [3.63, 3.8) is 0 Å². The lowest BCUT2D eigenvalue weighted by molar-refractivity contribution is 0.0696. The Balaban J connectivity index is 2.35. The maximum Gasteiger partial charge on any atom is 0.335 e. The van der Waals surface area contributed by atoms with E-state index in [-0.39, 0.29) is 5.56 Å². The van der Waals surface area contributed by atoms with Gasteiger partial charge in [-0.25, -0.2) is 4.79 Å². The maximum absolute atomic E-state index is 10.9. The lowest BCUT2D eigenvalue weighted by atomic mass is 10.2. The Morgan fingerprint density at radius 3 is 2.78 bits per heavy atom. The minimum absolute atomic E-state index is 0.126. The number of nitrogens with zero attached hydrogens (tertiary/aromatic N) is 1. The number of methoxy groups -OCH3 is 1. The van der Waals surface area contributed by atoms with E-state index in [0.717, 1.165) is 0 Å². The van der Waals surface area contributed by atoms with Crippen molar-refractivity contribution in [3.05, 3.63) is 33.7 Å². The van der Waals surface area contributed by atoms with Crippen LogP contribution in [0.4, 0.5) is 0 Å². The van der Waals surface area contributed by atoms with Gasteiger partial charge in [-0.05, 0) is 34.1 Å². The van der Waals surface area contributed by atoms with Crippen LogP contribution in [0.5, 0.6) is 16.7 Å². The second-order valence-electron chi connectivity index (χ2n) is 3.21. The third kappa shape index (κ3) is 2.80. The van der Waals surface area contributed by atoms with Gasteiger partial charge < -0.3 is 14.6 Å². The van der Waals surface area contributed by atoms with Crippen molar-refractivity contribution in [2.45, 2.75) is 0 Å². The summed E-state index contributed by atoms with van der Waals surface area (Å²) in [4.78, 5) is 15.0. The number of carbonyl (C=O) groups is 1. The van der Waals surface area contributed by atoms with Crippen molar-refractivity contribution in [3.8, 4) is 16.7 Å². The summed E-state index contributed by atoms with van der Waals surface area (Å²) in [6.07, 6.45) is 0. The van der Waals surface area contributed by atoms with Crippen LogP contribution in [0.15, 0.2) is 28.2 Å².